The van der Waals surface area contributed by atoms with Crippen LogP contribution in [0.5, 0.6) is 0 Å². The van der Waals surface area contributed by atoms with Gasteiger partial charge in [-0.3, -0.25) is 0 Å². The summed E-state index contributed by atoms with van der Waals surface area (Å²) >= 11 is 0.681. The highest BCUT2D eigenvalue weighted by molar-refractivity contribution is 8.01. The lowest BCUT2D eigenvalue weighted by Gasteiger charge is -2.21. The van der Waals surface area contributed by atoms with Crippen LogP contribution in [0.25, 0.3) is 0 Å². The molecule has 0 saturated heterocycles. The van der Waals surface area contributed by atoms with Gasteiger partial charge in [0.15, 0.2) is 0 Å². The molecule has 9 heavy (non-hydrogen) atoms. The van der Waals surface area contributed by atoms with E-state index in [-0.39, 0.29) is 4.75 Å². The van der Waals surface area contributed by atoms with E-state index in [1.54, 1.807) is 20.8 Å². The average molecular weight is 154 g/mol. The van der Waals surface area contributed by atoms with E-state index in [0.29, 0.717) is 11.8 Å². The zero-order chi connectivity index (χ0) is 7.71. The van der Waals surface area contributed by atoms with Gasteiger partial charge in [0, 0.05) is 11.7 Å². The summed E-state index contributed by atoms with van der Waals surface area (Å²) in [6.07, 6.45) is 0. The number of hydrogen-bond donors (Lipinski definition) is 0. The predicted molar refractivity (Wildman–Crippen MR) is 38.0 cm³/mol. The van der Waals surface area contributed by atoms with E-state index in [9.17, 15) is 8.78 Å². The number of alkyl halides is 2. The molecule has 0 saturated carbocycles. The molecule has 0 radical (unpaired) electrons. The van der Waals surface area contributed by atoms with Crippen LogP contribution in [0.2, 0.25) is 0 Å². The molecule has 0 aromatic rings. The zero-order valence-corrected chi connectivity index (χ0v) is 6.98. The molecule has 0 atom stereocenters. The summed E-state index contributed by atoms with van der Waals surface area (Å²) in [5.74, 6) is 0. The molecule has 0 aliphatic rings. The second-order valence-corrected chi connectivity index (χ2v) is 5.17. The minimum absolute atomic E-state index is 0.349. The quantitative estimate of drug-likeness (QED) is 0.559. The first-order valence-electron chi connectivity index (χ1n) is 2.79. The van der Waals surface area contributed by atoms with Gasteiger partial charge in [-0.05, 0) is 0 Å². The van der Waals surface area contributed by atoms with Crippen molar-refractivity contribution in [1.29, 1.82) is 0 Å². The van der Waals surface area contributed by atoms with E-state index < -0.39 is 5.25 Å². The lowest BCUT2D eigenvalue weighted by Crippen LogP contribution is -2.17. The Hall–Kier alpha value is 0.210. The van der Waals surface area contributed by atoms with E-state index in [2.05, 4.69) is 0 Å². The van der Waals surface area contributed by atoms with E-state index in [4.69, 9.17) is 0 Å². The SMILES string of the molecule is CC(C)(C)SC(C)(F)F. The second-order valence-electron chi connectivity index (χ2n) is 3.02. The van der Waals surface area contributed by atoms with E-state index in [0.717, 1.165) is 6.92 Å². The maximum Gasteiger partial charge on any atom is 0.291 e. The van der Waals surface area contributed by atoms with Gasteiger partial charge in [0.2, 0.25) is 0 Å². The van der Waals surface area contributed by atoms with E-state index in [1.165, 1.54) is 0 Å². The van der Waals surface area contributed by atoms with Crippen molar-refractivity contribution in [3.8, 4) is 0 Å². The molecule has 56 valence electrons. The minimum atomic E-state index is -2.60. The van der Waals surface area contributed by atoms with Crippen LogP contribution in [0.3, 0.4) is 0 Å². The van der Waals surface area contributed by atoms with Crippen LogP contribution in [0.4, 0.5) is 8.78 Å². The molecule has 0 rings (SSSR count). The Balaban J connectivity index is 3.75. The topological polar surface area (TPSA) is 0 Å². The molecule has 0 nitrogen and oxygen atoms in total. The van der Waals surface area contributed by atoms with Crippen LogP contribution < -0.4 is 0 Å². The third-order valence-corrected chi connectivity index (χ3v) is 1.46. The van der Waals surface area contributed by atoms with Crippen LogP contribution in [-0.4, -0.2) is 10.0 Å². The monoisotopic (exact) mass is 154 g/mol. The van der Waals surface area contributed by atoms with Crippen molar-refractivity contribution in [1.82, 2.24) is 0 Å². The number of hydrogen-bond acceptors (Lipinski definition) is 1. The summed E-state index contributed by atoms with van der Waals surface area (Å²) < 4.78 is 24.0. The third kappa shape index (κ3) is 8.21. The lowest BCUT2D eigenvalue weighted by atomic mass is 10.3. The Labute approximate surface area is 59.0 Å². The lowest BCUT2D eigenvalue weighted by molar-refractivity contribution is 0.127. The molecule has 3 heteroatoms. The van der Waals surface area contributed by atoms with Gasteiger partial charge in [-0.15, -0.1) is 0 Å². The summed E-state index contributed by atoms with van der Waals surface area (Å²) in [5.41, 5.74) is 0. The Morgan fingerprint density at radius 3 is 1.33 bits per heavy atom. The molecule has 0 aliphatic heterocycles. The molecule has 0 aromatic heterocycles. The summed E-state index contributed by atoms with van der Waals surface area (Å²) in [7, 11) is 0. The first-order chi connectivity index (χ1) is 3.71. The zero-order valence-electron chi connectivity index (χ0n) is 6.16. The van der Waals surface area contributed by atoms with E-state index in [1.807, 2.05) is 0 Å². The van der Waals surface area contributed by atoms with Gasteiger partial charge in [-0.1, -0.05) is 32.5 Å². The number of thioether (sulfide) groups is 1. The molecule has 0 bridgehead atoms. The second kappa shape index (κ2) is 2.45. The number of halogens is 2. The summed E-state index contributed by atoms with van der Waals surface area (Å²) in [6, 6.07) is 0. The van der Waals surface area contributed by atoms with Crippen LogP contribution in [0.15, 0.2) is 0 Å². The van der Waals surface area contributed by atoms with Gasteiger partial charge < -0.3 is 0 Å². The molecule has 0 aromatic carbocycles. The maximum atomic E-state index is 12.2. The van der Waals surface area contributed by atoms with Gasteiger partial charge >= 0.3 is 0 Å². The highest BCUT2D eigenvalue weighted by Crippen LogP contribution is 2.38. The van der Waals surface area contributed by atoms with Crippen molar-refractivity contribution in [3.63, 3.8) is 0 Å². The molecular weight excluding hydrogens is 142 g/mol. The van der Waals surface area contributed by atoms with E-state index >= 15 is 0 Å². The molecule has 0 spiro atoms. The van der Waals surface area contributed by atoms with Crippen molar-refractivity contribution < 1.29 is 8.78 Å². The fourth-order valence-corrected chi connectivity index (χ4v) is 1.61. The van der Waals surface area contributed by atoms with Gasteiger partial charge in [0.25, 0.3) is 5.25 Å². The highest BCUT2D eigenvalue weighted by Gasteiger charge is 2.29. The molecule has 0 amide bonds. The minimum Gasteiger partial charge on any atom is -0.195 e. The predicted octanol–water partition coefficient (Wildman–Crippen LogP) is 3.13. The fraction of sp³-hybridized carbons (Fsp3) is 1.00. The van der Waals surface area contributed by atoms with Gasteiger partial charge in [0.1, 0.15) is 0 Å². The summed E-state index contributed by atoms with van der Waals surface area (Å²) in [6.45, 7) is 6.24. The Morgan fingerprint density at radius 1 is 1.00 bits per heavy atom. The standard InChI is InChI=1S/C6H12F2S/c1-5(2,3)9-6(4,7)8/h1-4H3. The normalized spacial score (nSPS) is 14.0. The van der Waals surface area contributed by atoms with Gasteiger partial charge in [-0.2, -0.15) is 8.78 Å². The molecule has 0 unspecified atom stereocenters. The molecule has 0 heterocycles. The van der Waals surface area contributed by atoms with Crippen LogP contribution in [0.1, 0.15) is 27.7 Å². The smallest absolute Gasteiger partial charge is 0.195 e. The molecular formula is C6H12F2S. The molecule has 0 aliphatic carbocycles. The Morgan fingerprint density at radius 2 is 1.33 bits per heavy atom. The third-order valence-electron chi connectivity index (χ3n) is 0.485. The summed E-state index contributed by atoms with van der Waals surface area (Å²) in [4.78, 5) is 0. The van der Waals surface area contributed by atoms with Crippen LogP contribution >= 0.6 is 11.8 Å². The molecule has 0 fully saturated rings. The first-order valence-corrected chi connectivity index (χ1v) is 3.60. The Bertz CT molecular complexity index is 76.2. The van der Waals surface area contributed by atoms with Crippen molar-refractivity contribution >= 4 is 11.8 Å². The average Bonchev–Trinajstić information content (AvgIpc) is 1.14. The summed E-state index contributed by atoms with van der Waals surface area (Å²) in [5, 5.41) is -2.60. The Kier molecular flexibility index (Phi) is 2.50. The van der Waals surface area contributed by atoms with Gasteiger partial charge in [-0.25, -0.2) is 0 Å². The van der Waals surface area contributed by atoms with Crippen LogP contribution in [-0.2, 0) is 0 Å². The fourth-order valence-electron chi connectivity index (χ4n) is 0.538. The highest BCUT2D eigenvalue weighted by atomic mass is 32.2. The van der Waals surface area contributed by atoms with Crippen LogP contribution in [0, 0.1) is 0 Å². The maximum absolute atomic E-state index is 12.2. The van der Waals surface area contributed by atoms with Crippen molar-refractivity contribution in [2.45, 2.75) is 37.7 Å². The van der Waals surface area contributed by atoms with Crippen molar-refractivity contribution in [3.05, 3.63) is 0 Å². The number of rotatable bonds is 1. The van der Waals surface area contributed by atoms with Crippen molar-refractivity contribution in [2.24, 2.45) is 0 Å². The largest absolute Gasteiger partial charge is 0.291 e. The van der Waals surface area contributed by atoms with Gasteiger partial charge in [0.05, 0.1) is 0 Å². The molecule has 0 N–H and O–H groups in total. The van der Waals surface area contributed by atoms with Crippen molar-refractivity contribution in [2.75, 3.05) is 0 Å². The first kappa shape index (κ1) is 9.21.